The second-order valence-corrected chi connectivity index (χ2v) is 7.19. The van der Waals surface area contributed by atoms with E-state index >= 15 is 0 Å². The summed E-state index contributed by atoms with van der Waals surface area (Å²) in [5.41, 5.74) is 0.480. The summed E-state index contributed by atoms with van der Waals surface area (Å²) < 4.78 is 41.9. The van der Waals surface area contributed by atoms with E-state index in [1.165, 1.54) is 31.2 Å². The molecule has 2 aromatic rings. The van der Waals surface area contributed by atoms with E-state index in [4.69, 9.17) is 4.74 Å². The zero-order valence-corrected chi connectivity index (χ0v) is 13.7. The molecule has 126 valence electrons. The van der Waals surface area contributed by atoms with Gasteiger partial charge >= 0.3 is 5.97 Å². The number of hydrogen-bond donors (Lipinski definition) is 0. The lowest BCUT2D eigenvalue weighted by atomic mass is 10.1. The Bertz CT molecular complexity index is 840. The maximum atomic E-state index is 12.8. The van der Waals surface area contributed by atoms with E-state index in [2.05, 4.69) is 0 Å². The van der Waals surface area contributed by atoms with E-state index in [1.807, 2.05) is 0 Å². The van der Waals surface area contributed by atoms with Crippen LogP contribution in [0.2, 0.25) is 0 Å². The summed E-state index contributed by atoms with van der Waals surface area (Å²) in [4.78, 5) is 22.8. The molecule has 0 spiro atoms. The van der Waals surface area contributed by atoms with Crippen LogP contribution in [0.4, 0.5) is 4.39 Å². The van der Waals surface area contributed by atoms with Crippen LogP contribution in [0.15, 0.2) is 53.4 Å². The fourth-order valence-electron chi connectivity index (χ4n) is 1.92. The number of carbonyl (C=O) groups excluding carboxylic acids is 2. The monoisotopic (exact) mass is 350 g/mol. The van der Waals surface area contributed by atoms with Crippen molar-refractivity contribution in [2.75, 3.05) is 5.75 Å². The Labute approximate surface area is 139 Å². The Morgan fingerprint density at radius 1 is 1.00 bits per heavy atom. The van der Waals surface area contributed by atoms with Crippen LogP contribution in [0.25, 0.3) is 0 Å². The minimum Gasteiger partial charge on any atom is -0.427 e. The molecular weight excluding hydrogens is 335 g/mol. The third kappa shape index (κ3) is 4.73. The molecule has 2 aromatic carbocycles. The Hall–Kier alpha value is -2.54. The zero-order chi connectivity index (χ0) is 17.7. The summed E-state index contributed by atoms with van der Waals surface area (Å²) in [5, 5.41) is 0. The van der Waals surface area contributed by atoms with Gasteiger partial charge in [0.05, 0.1) is 17.1 Å². The molecule has 0 aliphatic carbocycles. The van der Waals surface area contributed by atoms with Gasteiger partial charge < -0.3 is 4.74 Å². The van der Waals surface area contributed by atoms with Crippen LogP contribution in [-0.2, 0) is 14.6 Å². The van der Waals surface area contributed by atoms with Gasteiger partial charge in [0.1, 0.15) is 11.6 Å². The first-order valence-corrected chi connectivity index (χ1v) is 8.73. The van der Waals surface area contributed by atoms with E-state index in [9.17, 15) is 22.4 Å². The lowest BCUT2D eigenvalue weighted by molar-refractivity contribution is -0.133. The van der Waals surface area contributed by atoms with Gasteiger partial charge in [0, 0.05) is 5.56 Å². The number of carbonyl (C=O) groups is 2. The van der Waals surface area contributed by atoms with Crippen molar-refractivity contribution in [1.82, 2.24) is 0 Å². The molecule has 0 bridgehead atoms. The molecular formula is C17H15FO5S. The summed E-state index contributed by atoms with van der Waals surface area (Å²) in [5.74, 6) is -1.58. The molecule has 0 fully saturated rings. The average molecular weight is 350 g/mol. The van der Waals surface area contributed by atoms with Gasteiger partial charge in [0.25, 0.3) is 0 Å². The highest BCUT2D eigenvalue weighted by molar-refractivity contribution is 7.91. The predicted molar refractivity (Wildman–Crippen MR) is 85.2 cm³/mol. The van der Waals surface area contributed by atoms with Gasteiger partial charge in [-0.25, -0.2) is 12.8 Å². The van der Waals surface area contributed by atoms with Crippen LogP contribution < -0.4 is 4.74 Å². The highest BCUT2D eigenvalue weighted by atomic mass is 32.2. The summed E-state index contributed by atoms with van der Waals surface area (Å²) in [6.07, 6.45) is -0.339. The van der Waals surface area contributed by atoms with Crippen molar-refractivity contribution in [3.63, 3.8) is 0 Å². The van der Waals surface area contributed by atoms with Crippen molar-refractivity contribution in [2.45, 2.75) is 18.2 Å². The first kappa shape index (κ1) is 17.8. The number of ether oxygens (including phenoxy) is 1. The molecule has 7 heteroatoms. The molecule has 0 aliphatic rings. The van der Waals surface area contributed by atoms with E-state index in [1.54, 1.807) is 0 Å². The molecule has 2 rings (SSSR count). The number of hydrogen-bond acceptors (Lipinski definition) is 5. The van der Waals surface area contributed by atoms with Crippen LogP contribution in [0.3, 0.4) is 0 Å². The molecule has 24 heavy (non-hydrogen) atoms. The third-order valence-corrected chi connectivity index (χ3v) is 4.97. The minimum absolute atomic E-state index is 0.0532. The van der Waals surface area contributed by atoms with Gasteiger partial charge in [0.2, 0.25) is 0 Å². The molecule has 0 saturated carbocycles. The molecule has 0 amide bonds. The molecule has 0 atom stereocenters. The number of esters is 1. The number of benzene rings is 2. The quantitative estimate of drug-likeness (QED) is 0.346. The maximum absolute atomic E-state index is 12.8. The van der Waals surface area contributed by atoms with Gasteiger partial charge in [-0.05, 0) is 55.5 Å². The van der Waals surface area contributed by atoms with Crippen molar-refractivity contribution in [3.8, 4) is 5.75 Å². The molecule has 0 N–H and O–H groups in total. The third-order valence-electron chi connectivity index (χ3n) is 3.24. The fraction of sp³-hybridized carbons (Fsp3) is 0.176. The summed E-state index contributed by atoms with van der Waals surface area (Å²) >= 11 is 0. The Morgan fingerprint density at radius 2 is 1.58 bits per heavy atom. The largest absolute Gasteiger partial charge is 0.427 e. The van der Waals surface area contributed by atoms with Crippen molar-refractivity contribution in [1.29, 1.82) is 0 Å². The fourth-order valence-corrected chi connectivity index (χ4v) is 3.14. The Morgan fingerprint density at radius 3 is 2.12 bits per heavy atom. The topological polar surface area (TPSA) is 77.5 Å². The van der Waals surface area contributed by atoms with Gasteiger partial charge in [-0.2, -0.15) is 0 Å². The number of rotatable bonds is 6. The molecule has 0 aromatic heterocycles. The van der Waals surface area contributed by atoms with Gasteiger partial charge in [-0.1, -0.05) is 0 Å². The molecule has 5 nitrogen and oxygen atoms in total. The summed E-state index contributed by atoms with van der Waals surface area (Å²) in [7, 11) is -3.69. The van der Waals surface area contributed by atoms with Gasteiger partial charge in [0.15, 0.2) is 15.6 Å². The second-order valence-electron chi connectivity index (χ2n) is 5.08. The first-order chi connectivity index (χ1) is 11.3. The Balaban J connectivity index is 1.95. The Kier molecular flexibility index (Phi) is 5.46. The average Bonchev–Trinajstić information content (AvgIpc) is 2.54. The SMILES string of the molecule is CC(=O)c1ccc(OC(=O)CCS(=O)(=O)c2ccc(F)cc2)cc1. The summed E-state index contributed by atoms with van der Waals surface area (Å²) in [6, 6.07) is 10.3. The highest BCUT2D eigenvalue weighted by Crippen LogP contribution is 2.15. The first-order valence-electron chi connectivity index (χ1n) is 7.08. The molecule has 0 unspecified atom stereocenters. The maximum Gasteiger partial charge on any atom is 0.312 e. The van der Waals surface area contributed by atoms with Crippen LogP contribution in [0.1, 0.15) is 23.7 Å². The van der Waals surface area contributed by atoms with Crippen molar-refractivity contribution >= 4 is 21.6 Å². The normalized spacial score (nSPS) is 11.1. The highest BCUT2D eigenvalue weighted by Gasteiger charge is 2.17. The van der Waals surface area contributed by atoms with E-state index in [0.29, 0.717) is 5.56 Å². The number of sulfone groups is 1. The molecule has 0 radical (unpaired) electrons. The minimum atomic E-state index is -3.69. The predicted octanol–water partition coefficient (Wildman–Crippen LogP) is 2.80. The molecule has 0 heterocycles. The number of Topliss-reactive ketones (excluding diaryl/α,β-unsaturated/α-hetero) is 1. The van der Waals surface area contributed by atoms with Crippen LogP contribution in [0, 0.1) is 5.82 Å². The summed E-state index contributed by atoms with van der Waals surface area (Å²) in [6.45, 7) is 1.42. The molecule has 0 aliphatic heterocycles. The van der Waals surface area contributed by atoms with Crippen molar-refractivity contribution < 1.29 is 27.1 Å². The lowest BCUT2D eigenvalue weighted by Gasteiger charge is -2.06. The number of halogens is 1. The smallest absolute Gasteiger partial charge is 0.312 e. The van der Waals surface area contributed by atoms with E-state index in [-0.39, 0.29) is 22.8 Å². The zero-order valence-electron chi connectivity index (χ0n) is 12.9. The van der Waals surface area contributed by atoms with E-state index < -0.39 is 27.4 Å². The van der Waals surface area contributed by atoms with Crippen molar-refractivity contribution in [2.24, 2.45) is 0 Å². The van der Waals surface area contributed by atoms with Crippen LogP contribution in [0.5, 0.6) is 5.75 Å². The van der Waals surface area contributed by atoms with Crippen LogP contribution in [-0.4, -0.2) is 25.9 Å². The van der Waals surface area contributed by atoms with E-state index in [0.717, 1.165) is 24.3 Å². The van der Waals surface area contributed by atoms with Gasteiger partial charge in [-0.3, -0.25) is 9.59 Å². The standard InChI is InChI=1S/C17H15FO5S/c1-12(19)13-2-6-15(7-3-13)23-17(20)10-11-24(21,22)16-8-4-14(18)5-9-16/h2-9H,10-11H2,1H3. The molecule has 0 saturated heterocycles. The van der Waals surface area contributed by atoms with Crippen LogP contribution >= 0.6 is 0 Å². The van der Waals surface area contributed by atoms with Crippen molar-refractivity contribution in [3.05, 3.63) is 59.9 Å². The lowest BCUT2D eigenvalue weighted by Crippen LogP contribution is -2.15. The second kappa shape index (κ2) is 7.35. The number of ketones is 1. The van der Waals surface area contributed by atoms with Gasteiger partial charge in [-0.15, -0.1) is 0 Å².